The normalized spacial score (nSPS) is 12.8. The molecular weight excluding hydrogens is 412 g/mol. The first-order valence-corrected chi connectivity index (χ1v) is 11.0. The van der Waals surface area contributed by atoms with Crippen molar-refractivity contribution in [2.45, 2.75) is 60.5 Å². The van der Waals surface area contributed by atoms with Gasteiger partial charge in [-0.2, -0.15) is 0 Å². The van der Waals surface area contributed by atoms with Crippen molar-refractivity contribution in [2.75, 3.05) is 32.1 Å². The van der Waals surface area contributed by atoms with Crippen molar-refractivity contribution in [3.63, 3.8) is 0 Å². The van der Waals surface area contributed by atoms with E-state index in [1.165, 1.54) is 0 Å². The Morgan fingerprint density at radius 1 is 1.19 bits per heavy atom. The Morgan fingerprint density at radius 3 is 2.47 bits per heavy atom. The fourth-order valence-corrected chi connectivity index (χ4v) is 3.80. The third-order valence-corrected chi connectivity index (χ3v) is 5.64. The van der Waals surface area contributed by atoms with Crippen LogP contribution in [0.4, 0.5) is 10.5 Å². The monoisotopic (exact) mass is 446 g/mol. The van der Waals surface area contributed by atoms with Crippen LogP contribution < -0.4 is 10.1 Å². The van der Waals surface area contributed by atoms with Crippen LogP contribution in [0.5, 0.6) is 5.75 Å². The summed E-state index contributed by atoms with van der Waals surface area (Å²) in [7, 11) is 1.57. The lowest BCUT2D eigenvalue weighted by atomic mass is 9.93. The number of benzene rings is 1. The molecule has 0 bridgehead atoms. The van der Waals surface area contributed by atoms with E-state index in [4.69, 9.17) is 14.2 Å². The standard InChI is InChI=1S/C24H34N2O6/c1-7-26(8-2)24(29)25-21-17(12-10-15(4)11-13-19(27)31-9-3)22(30-6)16(5)18-14-32-23(28)20(18)21/h10H,7-9,11-14H2,1-6H3,(H,25,29)/b15-10+. The van der Waals surface area contributed by atoms with Crippen LogP contribution >= 0.6 is 0 Å². The van der Waals surface area contributed by atoms with E-state index in [-0.39, 0.29) is 18.6 Å². The predicted molar refractivity (Wildman–Crippen MR) is 122 cm³/mol. The van der Waals surface area contributed by atoms with Gasteiger partial charge >= 0.3 is 18.0 Å². The van der Waals surface area contributed by atoms with Crippen molar-refractivity contribution in [1.82, 2.24) is 4.90 Å². The van der Waals surface area contributed by atoms with Crippen LogP contribution in [0.2, 0.25) is 0 Å². The molecule has 8 heteroatoms. The average molecular weight is 447 g/mol. The summed E-state index contributed by atoms with van der Waals surface area (Å²) in [4.78, 5) is 38.7. The van der Waals surface area contributed by atoms with Crippen LogP contribution in [0.1, 0.15) is 67.6 Å². The third kappa shape index (κ3) is 5.60. The van der Waals surface area contributed by atoms with Crippen LogP contribution in [0.15, 0.2) is 11.6 Å². The second kappa shape index (κ2) is 11.5. The van der Waals surface area contributed by atoms with Crippen molar-refractivity contribution < 1.29 is 28.6 Å². The first-order valence-electron chi connectivity index (χ1n) is 11.0. The van der Waals surface area contributed by atoms with E-state index in [0.717, 1.165) is 16.7 Å². The second-order valence-electron chi connectivity index (χ2n) is 7.60. The summed E-state index contributed by atoms with van der Waals surface area (Å²) in [5.74, 6) is -0.0719. The van der Waals surface area contributed by atoms with Crippen LogP contribution in [-0.2, 0) is 27.3 Å². The first kappa shape index (κ1) is 25.2. The zero-order valence-corrected chi connectivity index (χ0v) is 19.9. The molecular formula is C24H34N2O6. The lowest BCUT2D eigenvalue weighted by Gasteiger charge is -2.23. The van der Waals surface area contributed by atoms with E-state index in [2.05, 4.69) is 5.32 Å². The summed E-state index contributed by atoms with van der Waals surface area (Å²) < 4.78 is 16.0. The summed E-state index contributed by atoms with van der Waals surface area (Å²) in [6.45, 7) is 11.0. The number of methoxy groups -OCH3 is 1. The van der Waals surface area contributed by atoms with Crippen molar-refractivity contribution in [3.05, 3.63) is 33.9 Å². The maximum atomic E-state index is 12.9. The molecule has 1 aliphatic heterocycles. The zero-order chi connectivity index (χ0) is 23.8. The van der Waals surface area contributed by atoms with Crippen LogP contribution in [0, 0.1) is 6.92 Å². The Labute approximate surface area is 189 Å². The smallest absolute Gasteiger partial charge is 0.341 e. The predicted octanol–water partition coefficient (Wildman–Crippen LogP) is 4.38. The van der Waals surface area contributed by atoms with E-state index in [9.17, 15) is 14.4 Å². The minimum atomic E-state index is -0.454. The van der Waals surface area contributed by atoms with Gasteiger partial charge in [0.2, 0.25) is 0 Å². The Morgan fingerprint density at radius 2 is 1.88 bits per heavy atom. The molecule has 32 heavy (non-hydrogen) atoms. The SMILES string of the molecule is CCOC(=O)CC/C(C)=C/Cc1c(NC(=O)N(CC)CC)c2c(c(C)c1OC)COC2=O. The van der Waals surface area contributed by atoms with Gasteiger partial charge in [-0.1, -0.05) is 11.6 Å². The molecule has 1 aromatic carbocycles. The number of esters is 2. The number of nitrogens with zero attached hydrogens (tertiary/aromatic N) is 1. The van der Waals surface area contributed by atoms with Crippen molar-refractivity contribution in [3.8, 4) is 5.75 Å². The summed E-state index contributed by atoms with van der Waals surface area (Å²) in [6.07, 6.45) is 3.27. The molecule has 0 unspecified atom stereocenters. The highest BCUT2D eigenvalue weighted by molar-refractivity contribution is 6.05. The zero-order valence-electron chi connectivity index (χ0n) is 19.9. The number of carbonyl (C=O) groups is 3. The minimum absolute atomic E-state index is 0.152. The van der Waals surface area contributed by atoms with Crippen molar-refractivity contribution in [1.29, 1.82) is 0 Å². The molecule has 0 spiro atoms. The van der Waals surface area contributed by atoms with Gasteiger partial charge in [0, 0.05) is 30.6 Å². The number of urea groups is 1. The number of ether oxygens (including phenoxy) is 3. The molecule has 1 aromatic rings. The van der Waals surface area contributed by atoms with Gasteiger partial charge in [0.1, 0.15) is 12.4 Å². The van der Waals surface area contributed by atoms with Gasteiger partial charge in [-0.25, -0.2) is 9.59 Å². The molecule has 0 atom stereocenters. The number of anilines is 1. The molecule has 0 aliphatic carbocycles. The number of rotatable bonds is 10. The topological polar surface area (TPSA) is 94.2 Å². The summed E-state index contributed by atoms with van der Waals surface area (Å²) in [5.41, 5.74) is 4.07. The van der Waals surface area contributed by atoms with Gasteiger partial charge in [-0.3, -0.25) is 4.79 Å². The molecule has 1 heterocycles. The molecule has 0 saturated heterocycles. The number of hydrogen-bond acceptors (Lipinski definition) is 6. The third-order valence-electron chi connectivity index (χ3n) is 5.64. The first-order chi connectivity index (χ1) is 15.3. The van der Waals surface area contributed by atoms with E-state index >= 15 is 0 Å². The Kier molecular flexibility index (Phi) is 9.11. The van der Waals surface area contributed by atoms with Gasteiger partial charge in [-0.05, 0) is 53.0 Å². The van der Waals surface area contributed by atoms with Gasteiger partial charge in [0.25, 0.3) is 0 Å². The molecule has 8 nitrogen and oxygen atoms in total. The maximum Gasteiger partial charge on any atom is 0.341 e. The molecule has 1 N–H and O–H groups in total. The average Bonchev–Trinajstić information content (AvgIpc) is 3.15. The highest BCUT2D eigenvalue weighted by atomic mass is 16.5. The fraction of sp³-hybridized carbons (Fsp3) is 0.542. The number of cyclic esters (lactones) is 1. The molecule has 0 aromatic heterocycles. The quantitative estimate of drug-likeness (QED) is 0.423. The van der Waals surface area contributed by atoms with E-state index in [1.54, 1.807) is 18.9 Å². The van der Waals surface area contributed by atoms with Gasteiger partial charge in [0.05, 0.1) is 25.0 Å². The molecule has 176 valence electrons. The molecule has 0 fully saturated rings. The van der Waals surface area contributed by atoms with E-state index in [0.29, 0.717) is 61.5 Å². The maximum absolute atomic E-state index is 12.9. The molecule has 0 saturated carbocycles. The summed E-state index contributed by atoms with van der Waals surface area (Å²) in [5, 5.41) is 2.94. The lowest BCUT2D eigenvalue weighted by Crippen LogP contribution is -2.35. The number of allylic oxidation sites excluding steroid dienone is 2. The highest BCUT2D eigenvalue weighted by Crippen LogP contribution is 2.41. The van der Waals surface area contributed by atoms with Gasteiger partial charge < -0.3 is 24.4 Å². The molecule has 1 aliphatic rings. The number of fused-ring (bicyclic) bond motifs is 1. The van der Waals surface area contributed by atoms with E-state index < -0.39 is 5.97 Å². The lowest BCUT2D eigenvalue weighted by molar-refractivity contribution is -0.143. The van der Waals surface area contributed by atoms with Crippen LogP contribution in [0.3, 0.4) is 0 Å². The van der Waals surface area contributed by atoms with Crippen molar-refractivity contribution >= 4 is 23.7 Å². The van der Waals surface area contributed by atoms with Crippen LogP contribution in [0.25, 0.3) is 0 Å². The highest BCUT2D eigenvalue weighted by Gasteiger charge is 2.33. The number of amides is 2. The van der Waals surface area contributed by atoms with E-state index in [1.807, 2.05) is 33.8 Å². The van der Waals surface area contributed by atoms with Gasteiger partial charge in [0.15, 0.2) is 0 Å². The Hall–Kier alpha value is -3.03. The van der Waals surface area contributed by atoms with Crippen LogP contribution in [-0.4, -0.2) is 49.7 Å². The van der Waals surface area contributed by atoms with Gasteiger partial charge in [-0.15, -0.1) is 0 Å². The molecule has 0 radical (unpaired) electrons. The Balaban J connectivity index is 2.45. The fourth-order valence-electron chi connectivity index (χ4n) is 3.80. The summed E-state index contributed by atoms with van der Waals surface area (Å²) in [6, 6.07) is -0.285. The Bertz CT molecular complexity index is 902. The largest absolute Gasteiger partial charge is 0.496 e. The molecule has 2 amide bonds. The molecule has 2 rings (SSSR count). The summed E-state index contributed by atoms with van der Waals surface area (Å²) >= 11 is 0. The minimum Gasteiger partial charge on any atom is -0.496 e. The number of hydrogen-bond donors (Lipinski definition) is 1. The van der Waals surface area contributed by atoms with Crippen molar-refractivity contribution in [2.24, 2.45) is 0 Å². The number of carbonyl (C=O) groups excluding carboxylic acids is 3. The number of nitrogens with one attached hydrogen (secondary N) is 1. The second-order valence-corrected chi connectivity index (χ2v) is 7.60.